The zero-order chi connectivity index (χ0) is 14.9. The number of rotatable bonds is 3. The van der Waals surface area contributed by atoms with Gasteiger partial charge in [-0.15, -0.1) is 0 Å². The molecule has 0 atom stereocenters. The molecule has 0 aliphatic rings. The second-order valence-electron chi connectivity index (χ2n) is 5.06. The summed E-state index contributed by atoms with van der Waals surface area (Å²) in [6.07, 6.45) is 3.52. The molecular weight excluding hydrogens is 276 g/mol. The van der Waals surface area contributed by atoms with Crippen LogP contribution in [0.5, 0.6) is 0 Å². The molecule has 0 spiro atoms. The Morgan fingerprint density at radius 3 is 2.77 bits per heavy atom. The number of imidazole rings is 1. The highest BCUT2D eigenvalue weighted by Gasteiger charge is 2.15. The van der Waals surface area contributed by atoms with Gasteiger partial charge in [-0.3, -0.25) is 0 Å². The maximum atomic E-state index is 4.55. The summed E-state index contributed by atoms with van der Waals surface area (Å²) in [4.78, 5) is 8.92. The first-order valence-corrected chi connectivity index (χ1v) is 7.06. The quantitative estimate of drug-likeness (QED) is 0.581. The van der Waals surface area contributed by atoms with Crippen molar-refractivity contribution >= 4 is 5.65 Å². The van der Waals surface area contributed by atoms with Crippen LogP contribution >= 0.6 is 0 Å². The fraction of sp³-hybridized carbons (Fsp3) is 0.125. The molecule has 0 saturated heterocycles. The first-order valence-electron chi connectivity index (χ1n) is 7.06. The van der Waals surface area contributed by atoms with Gasteiger partial charge in [-0.2, -0.15) is 10.2 Å². The lowest BCUT2D eigenvalue weighted by Gasteiger charge is -2.05. The third-order valence-corrected chi connectivity index (χ3v) is 3.46. The smallest absolute Gasteiger partial charge is 0.179 e. The molecule has 4 rings (SSSR count). The molecular formula is C16H14N6. The van der Waals surface area contributed by atoms with Gasteiger partial charge in [0.2, 0.25) is 0 Å². The van der Waals surface area contributed by atoms with E-state index >= 15 is 0 Å². The summed E-state index contributed by atoms with van der Waals surface area (Å²) in [5.74, 6) is 1.50. The molecule has 0 aliphatic carbocycles. The van der Waals surface area contributed by atoms with Crippen molar-refractivity contribution in [2.45, 2.75) is 13.5 Å². The van der Waals surface area contributed by atoms with Crippen molar-refractivity contribution in [3.8, 4) is 11.5 Å². The van der Waals surface area contributed by atoms with Gasteiger partial charge in [-0.25, -0.2) is 19.2 Å². The molecule has 108 valence electrons. The van der Waals surface area contributed by atoms with Gasteiger partial charge in [0, 0.05) is 6.20 Å². The molecule has 4 aromatic rings. The van der Waals surface area contributed by atoms with Crippen LogP contribution in [0.4, 0.5) is 0 Å². The molecule has 1 aromatic carbocycles. The number of nitrogens with zero attached hydrogens (tertiary/aromatic N) is 6. The van der Waals surface area contributed by atoms with Crippen LogP contribution in [0, 0.1) is 6.92 Å². The summed E-state index contributed by atoms with van der Waals surface area (Å²) in [5, 5.41) is 8.85. The highest BCUT2D eigenvalue weighted by Crippen LogP contribution is 2.19. The second-order valence-corrected chi connectivity index (χ2v) is 5.06. The van der Waals surface area contributed by atoms with E-state index in [-0.39, 0.29) is 0 Å². The first-order chi connectivity index (χ1) is 10.8. The normalized spacial score (nSPS) is 11.1. The molecule has 22 heavy (non-hydrogen) atoms. The monoisotopic (exact) mass is 290 g/mol. The molecule has 6 heteroatoms. The Kier molecular flexibility index (Phi) is 2.93. The third-order valence-electron chi connectivity index (χ3n) is 3.46. The largest absolute Gasteiger partial charge is 0.240 e. The third kappa shape index (κ3) is 2.14. The van der Waals surface area contributed by atoms with Crippen molar-refractivity contribution in [2.75, 3.05) is 0 Å². The lowest BCUT2D eigenvalue weighted by atomic mass is 10.2. The maximum absolute atomic E-state index is 4.55. The Hall–Kier alpha value is -3.02. The summed E-state index contributed by atoms with van der Waals surface area (Å²) in [6.45, 7) is 2.55. The van der Waals surface area contributed by atoms with E-state index in [9.17, 15) is 0 Å². The Labute approximate surface area is 127 Å². The standard InChI is InChI=1S/C16H14N6/c1-12-19-16(14-10-17-15-8-5-9-18-22(14)15)21(20-12)11-13-6-3-2-4-7-13/h2-10H,11H2,1H3. The van der Waals surface area contributed by atoms with Crippen molar-refractivity contribution in [3.63, 3.8) is 0 Å². The van der Waals surface area contributed by atoms with E-state index in [0.717, 1.165) is 23.0 Å². The molecule has 0 saturated carbocycles. The van der Waals surface area contributed by atoms with Crippen LogP contribution in [0.25, 0.3) is 17.2 Å². The minimum absolute atomic E-state index is 0.664. The van der Waals surface area contributed by atoms with Crippen molar-refractivity contribution in [1.29, 1.82) is 0 Å². The zero-order valence-electron chi connectivity index (χ0n) is 12.1. The first kappa shape index (κ1) is 12.7. The fourth-order valence-electron chi connectivity index (χ4n) is 2.49. The summed E-state index contributed by atoms with van der Waals surface area (Å²) in [5.41, 5.74) is 2.81. The van der Waals surface area contributed by atoms with Gasteiger partial charge >= 0.3 is 0 Å². The molecule has 3 aromatic heterocycles. The average Bonchev–Trinajstić information content (AvgIpc) is 3.11. The van der Waals surface area contributed by atoms with Gasteiger partial charge in [0.05, 0.1) is 12.7 Å². The van der Waals surface area contributed by atoms with Crippen molar-refractivity contribution < 1.29 is 0 Å². The number of fused-ring (bicyclic) bond motifs is 1. The van der Waals surface area contributed by atoms with Crippen LogP contribution in [0.1, 0.15) is 11.4 Å². The van der Waals surface area contributed by atoms with E-state index < -0.39 is 0 Å². The van der Waals surface area contributed by atoms with Crippen molar-refractivity contribution in [1.82, 2.24) is 29.4 Å². The van der Waals surface area contributed by atoms with Gasteiger partial charge in [0.25, 0.3) is 0 Å². The average molecular weight is 290 g/mol. The van der Waals surface area contributed by atoms with Gasteiger partial charge in [0.15, 0.2) is 11.5 Å². The van der Waals surface area contributed by atoms with Gasteiger partial charge < -0.3 is 0 Å². The fourth-order valence-corrected chi connectivity index (χ4v) is 2.49. The van der Waals surface area contributed by atoms with Crippen molar-refractivity contribution in [3.05, 3.63) is 66.2 Å². The number of aryl methyl sites for hydroxylation is 1. The minimum Gasteiger partial charge on any atom is -0.240 e. The molecule has 0 bridgehead atoms. The molecule has 0 radical (unpaired) electrons. The van der Waals surface area contributed by atoms with Crippen LogP contribution in [0.15, 0.2) is 54.9 Å². The van der Waals surface area contributed by atoms with Crippen LogP contribution in [0.2, 0.25) is 0 Å². The summed E-state index contributed by atoms with van der Waals surface area (Å²) < 4.78 is 3.67. The van der Waals surface area contributed by atoms with Gasteiger partial charge in [-0.05, 0) is 24.6 Å². The van der Waals surface area contributed by atoms with E-state index in [4.69, 9.17) is 0 Å². The highest BCUT2D eigenvalue weighted by atomic mass is 15.4. The van der Waals surface area contributed by atoms with Gasteiger partial charge in [-0.1, -0.05) is 30.3 Å². The van der Waals surface area contributed by atoms with E-state index in [1.54, 1.807) is 16.9 Å². The van der Waals surface area contributed by atoms with E-state index in [1.807, 2.05) is 41.9 Å². The maximum Gasteiger partial charge on any atom is 0.179 e. The predicted octanol–water partition coefficient (Wildman–Crippen LogP) is 2.34. The summed E-state index contributed by atoms with van der Waals surface area (Å²) >= 11 is 0. The number of benzene rings is 1. The van der Waals surface area contributed by atoms with Crippen LogP contribution in [-0.2, 0) is 6.54 Å². The van der Waals surface area contributed by atoms with Gasteiger partial charge in [0.1, 0.15) is 11.5 Å². The Bertz CT molecular complexity index is 922. The van der Waals surface area contributed by atoms with Crippen molar-refractivity contribution in [2.24, 2.45) is 0 Å². The lowest BCUT2D eigenvalue weighted by Crippen LogP contribution is -2.06. The topological polar surface area (TPSA) is 60.9 Å². The van der Waals surface area contributed by atoms with Crippen LogP contribution in [-0.4, -0.2) is 29.4 Å². The lowest BCUT2D eigenvalue weighted by molar-refractivity contribution is 0.682. The highest BCUT2D eigenvalue weighted by molar-refractivity contribution is 5.56. The van der Waals surface area contributed by atoms with Crippen LogP contribution < -0.4 is 0 Å². The second kappa shape index (κ2) is 5.07. The molecule has 0 aliphatic heterocycles. The number of hydrogen-bond donors (Lipinski definition) is 0. The molecule has 6 nitrogen and oxygen atoms in total. The molecule has 0 fully saturated rings. The zero-order valence-corrected chi connectivity index (χ0v) is 12.1. The predicted molar refractivity (Wildman–Crippen MR) is 82.3 cm³/mol. The molecule has 0 amide bonds. The Morgan fingerprint density at radius 1 is 1.05 bits per heavy atom. The Morgan fingerprint density at radius 2 is 1.91 bits per heavy atom. The minimum atomic E-state index is 0.664. The molecule has 0 N–H and O–H groups in total. The molecule has 3 heterocycles. The molecule has 0 unspecified atom stereocenters. The summed E-state index contributed by atoms with van der Waals surface area (Å²) in [7, 11) is 0. The summed E-state index contributed by atoms with van der Waals surface area (Å²) in [6, 6.07) is 14.0. The SMILES string of the molecule is Cc1nc(-c2cnc3cccnn23)n(Cc2ccccc2)n1. The number of hydrogen-bond acceptors (Lipinski definition) is 4. The number of aromatic nitrogens is 6. The van der Waals surface area contributed by atoms with E-state index in [0.29, 0.717) is 6.54 Å². The van der Waals surface area contributed by atoms with E-state index in [2.05, 4.69) is 32.3 Å². The van der Waals surface area contributed by atoms with Crippen LogP contribution in [0.3, 0.4) is 0 Å². The van der Waals surface area contributed by atoms with E-state index in [1.165, 1.54) is 5.56 Å². The Balaban J connectivity index is 1.82.